The van der Waals surface area contributed by atoms with Gasteiger partial charge < -0.3 is 5.73 Å². The second-order valence-electron chi connectivity index (χ2n) is 2.39. The van der Waals surface area contributed by atoms with Crippen molar-refractivity contribution in [1.82, 2.24) is 0 Å². The van der Waals surface area contributed by atoms with Crippen LogP contribution in [-0.4, -0.2) is 18.3 Å². The van der Waals surface area contributed by atoms with Crippen LogP contribution in [0.2, 0.25) is 0 Å². The molecule has 12 heavy (non-hydrogen) atoms. The molecule has 1 rings (SSSR count). The Morgan fingerprint density at radius 2 is 2.25 bits per heavy atom. The van der Waals surface area contributed by atoms with Crippen LogP contribution in [0.5, 0.6) is 0 Å². The number of hydrogen-bond donors (Lipinski definition) is 2. The van der Waals surface area contributed by atoms with E-state index < -0.39 is 0 Å². The van der Waals surface area contributed by atoms with Crippen LogP contribution >= 0.6 is 15.9 Å². The first kappa shape index (κ1) is 9.51. The number of anilines is 1. The quantitative estimate of drug-likeness (QED) is 0.777. The number of nitrogens with zero attached hydrogens (tertiary/aromatic N) is 1. The fraction of sp³-hybridized carbons (Fsp3) is 0.250. The Kier molecular flexibility index (Phi) is 3.52. The summed E-state index contributed by atoms with van der Waals surface area (Å²) in [7, 11) is 0. The summed E-state index contributed by atoms with van der Waals surface area (Å²) >= 11 is 3.31. The Bertz CT molecular complexity index is 255. The number of benzene rings is 1. The Balaban J connectivity index is 2.73. The number of hydrogen-bond acceptors (Lipinski definition) is 3. The molecule has 0 aliphatic carbocycles. The highest BCUT2D eigenvalue weighted by molar-refractivity contribution is 9.10. The van der Waals surface area contributed by atoms with Gasteiger partial charge in [-0.1, -0.05) is 22.0 Å². The van der Waals surface area contributed by atoms with E-state index in [0.717, 1.165) is 15.2 Å². The molecule has 0 atom stereocenters. The first-order valence-electron chi connectivity index (χ1n) is 3.66. The number of nitrogens with two attached hydrogens (primary N) is 1. The second-order valence-corrected chi connectivity index (χ2v) is 3.31. The molecular weight excluding hydrogens is 220 g/mol. The average Bonchev–Trinajstić information content (AvgIpc) is 2.05. The lowest BCUT2D eigenvalue weighted by Crippen LogP contribution is -2.25. The van der Waals surface area contributed by atoms with Crippen molar-refractivity contribution in [3.8, 4) is 0 Å². The van der Waals surface area contributed by atoms with Gasteiger partial charge in [-0.25, -0.2) is 0 Å². The van der Waals surface area contributed by atoms with Crippen molar-refractivity contribution in [3.05, 3.63) is 28.7 Å². The molecule has 0 fully saturated rings. The number of rotatable bonds is 3. The highest BCUT2D eigenvalue weighted by Crippen LogP contribution is 2.17. The molecule has 0 heterocycles. The zero-order valence-corrected chi connectivity index (χ0v) is 8.16. The van der Waals surface area contributed by atoms with Crippen molar-refractivity contribution < 1.29 is 5.21 Å². The van der Waals surface area contributed by atoms with Crippen LogP contribution in [-0.2, 0) is 0 Å². The molecule has 0 unspecified atom stereocenters. The summed E-state index contributed by atoms with van der Waals surface area (Å²) in [5, 5.41) is 10.5. The maximum Gasteiger partial charge on any atom is 0.0645 e. The van der Waals surface area contributed by atoms with Gasteiger partial charge in [0, 0.05) is 11.0 Å². The van der Waals surface area contributed by atoms with Gasteiger partial charge in [0.2, 0.25) is 0 Å². The highest BCUT2D eigenvalue weighted by atomic mass is 79.9. The molecule has 0 spiro atoms. The lowest BCUT2D eigenvalue weighted by Gasteiger charge is -2.15. The lowest BCUT2D eigenvalue weighted by atomic mass is 10.3. The number of halogens is 1. The highest BCUT2D eigenvalue weighted by Gasteiger charge is 2.00. The SMILES string of the molecule is NCCN(O)c1cccc(Br)c1. The van der Waals surface area contributed by atoms with Crippen LogP contribution in [0.15, 0.2) is 28.7 Å². The topological polar surface area (TPSA) is 49.5 Å². The summed E-state index contributed by atoms with van der Waals surface area (Å²) in [5.74, 6) is 0. The van der Waals surface area contributed by atoms with Crippen molar-refractivity contribution in [1.29, 1.82) is 0 Å². The first-order valence-corrected chi connectivity index (χ1v) is 4.45. The van der Waals surface area contributed by atoms with Crippen molar-refractivity contribution in [3.63, 3.8) is 0 Å². The Hall–Kier alpha value is -0.580. The van der Waals surface area contributed by atoms with Gasteiger partial charge in [0.25, 0.3) is 0 Å². The molecule has 0 bridgehead atoms. The summed E-state index contributed by atoms with van der Waals surface area (Å²) in [6.45, 7) is 0.874. The van der Waals surface area contributed by atoms with Crippen LogP contribution in [0.25, 0.3) is 0 Å². The van der Waals surface area contributed by atoms with E-state index in [1.807, 2.05) is 24.3 Å². The molecule has 0 saturated carbocycles. The molecule has 0 amide bonds. The van der Waals surface area contributed by atoms with Crippen molar-refractivity contribution >= 4 is 21.6 Å². The summed E-state index contributed by atoms with van der Waals surface area (Å²) in [4.78, 5) is 0. The minimum absolute atomic E-state index is 0.434. The molecule has 0 aliphatic heterocycles. The Labute approximate surface area is 79.9 Å². The summed E-state index contributed by atoms with van der Waals surface area (Å²) in [6.07, 6.45) is 0. The standard InChI is InChI=1S/C8H11BrN2O/c9-7-2-1-3-8(6-7)11(12)5-4-10/h1-3,6,12H,4-5,10H2. The third-order valence-electron chi connectivity index (χ3n) is 1.45. The molecule has 0 aromatic heterocycles. The molecule has 66 valence electrons. The van der Waals surface area contributed by atoms with E-state index in [2.05, 4.69) is 15.9 Å². The molecule has 1 aromatic carbocycles. The predicted molar refractivity (Wildman–Crippen MR) is 52.3 cm³/mol. The van der Waals surface area contributed by atoms with E-state index in [0.29, 0.717) is 13.1 Å². The van der Waals surface area contributed by atoms with Crippen molar-refractivity contribution in [2.24, 2.45) is 5.73 Å². The molecule has 3 nitrogen and oxygen atoms in total. The van der Waals surface area contributed by atoms with E-state index in [-0.39, 0.29) is 0 Å². The van der Waals surface area contributed by atoms with Crippen molar-refractivity contribution in [2.45, 2.75) is 0 Å². The van der Waals surface area contributed by atoms with Gasteiger partial charge in [-0.15, -0.1) is 0 Å². The van der Waals surface area contributed by atoms with E-state index >= 15 is 0 Å². The largest absolute Gasteiger partial charge is 0.329 e. The Morgan fingerprint density at radius 3 is 2.83 bits per heavy atom. The third kappa shape index (κ3) is 2.48. The van der Waals surface area contributed by atoms with Crippen LogP contribution in [0.1, 0.15) is 0 Å². The van der Waals surface area contributed by atoms with Gasteiger partial charge in [-0.2, -0.15) is 0 Å². The van der Waals surface area contributed by atoms with E-state index in [1.54, 1.807) is 0 Å². The summed E-state index contributed by atoms with van der Waals surface area (Å²) in [6, 6.07) is 7.41. The maximum absolute atomic E-state index is 9.38. The van der Waals surface area contributed by atoms with Gasteiger partial charge >= 0.3 is 0 Å². The normalized spacial score (nSPS) is 9.92. The monoisotopic (exact) mass is 230 g/mol. The molecule has 0 radical (unpaired) electrons. The Morgan fingerprint density at radius 1 is 1.50 bits per heavy atom. The van der Waals surface area contributed by atoms with Crippen LogP contribution in [0.4, 0.5) is 5.69 Å². The molecule has 0 saturated heterocycles. The predicted octanol–water partition coefficient (Wildman–Crippen LogP) is 1.60. The summed E-state index contributed by atoms with van der Waals surface area (Å²) in [5.41, 5.74) is 6.04. The lowest BCUT2D eigenvalue weighted by molar-refractivity contribution is 0.257. The van der Waals surface area contributed by atoms with E-state index in [9.17, 15) is 5.21 Å². The molecule has 3 N–H and O–H groups in total. The van der Waals surface area contributed by atoms with Crippen LogP contribution < -0.4 is 10.8 Å². The average molecular weight is 231 g/mol. The van der Waals surface area contributed by atoms with Gasteiger partial charge in [-0.3, -0.25) is 10.3 Å². The van der Waals surface area contributed by atoms with Gasteiger partial charge in [-0.05, 0) is 18.2 Å². The molecular formula is C8H11BrN2O. The summed E-state index contributed by atoms with van der Waals surface area (Å²) < 4.78 is 0.941. The molecule has 1 aromatic rings. The first-order chi connectivity index (χ1) is 5.74. The van der Waals surface area contributed by atoms with Crippen LogP contribution in [0.3, 0.4) is 0 Å². The maximum atomic E-state index is 9.38. The fourth-order valence-corrected chi connectivity index (χ4v) is 1.28. The zero-order valence-electron chi connectivity index (χ0n) is 6.57. The third-order valence-corrected chi connectivity index (χ3v) is 1.94. The zero-order chi connectivity index (χ0) is 8.97. The van der Waals surface area contributed by atoms with Crippen LogP contribution in [0, 0.1) is 0 Å². The van der Waals surface area contributed by atoms with Gasteiger partial charge in [0.1, 0.15) is 0 Å². The minimum Gasteiger partial charge on any atom is -0.329 e. The van der Waals surface area contributed by atoms with E-state index in [1.165, 1.54) is 0 Å². The number of hydroxylamine groups is 1. The smallest absolute Gasteiger partial charge is 0.0645 e. The van der Waals surface area contributed by atoms with Gasteiger partial charge in [0.15, 0.2) is 0 Å². The van der Waals surface area contributed by atoms with Gasteiger partial charge in [0.05, 0.1) is 12.2 Å². The minimum atomic E-state index is 0.434. The van der Waals surface area contributed by atoms with Crippen molar-refractivity contribution in [2.75, 3.05) is 18.2 Å². The molecule has 0 aliphatic rings. The molecule has 4 heteroatoms. The second kappa shape index (κ2) is 4.45. The fourth-order valence-electron chi connectivity index (χ4n) is 0.888. The van der Waals surface area contributed by atoms with E-state index in [4.69, 9.17) is 5.73 Å².